The van der Waals surface area contributed by atoms with Crippen LogP contribution in [-0.4, -0.2) is 11.0 Å². The number of fused-ring (bicyclic) bond motifs is 1. The first kappa shape index (κ1) is 12.2. The Bertz CT molecular complexity index is 642. The molecule has 1 heterocycles. The summed E-state index contributed by atoms with van der Waals surface area (Å²) in [5.74, 6) is -0.295. The van der Waals surface area contributed by atoms with Gasteiger partial charge in [-0.1, -0.05) is 48.0 Å². The summed E-state index contributed by atoms with van der Waals surface area (Å²) in [4.78, 5) is 11.9. The smallest absolute Gasteiger partial charge is 0.254 e. The fourth-order valence-electron chi connectivity index (χ4n) is 2.42. The first-order valence-electron chi connectivity index (χ1n) is 5.97. The summed E-state index contributed by atoms with van der Waals surface area (Å²) in [6.07, 6.45) is 0.328. The van der Waals surface area contributed by atoms with E-state index in [-0.39, 0.29) is 5.91 Å². The van der Waals surface area contributed by atoms with Crippen molar-refractivity contribution >= 4 is 17.5 Å². The van der Waals surface area contributed by atoms with Crippen molar-refractivity contribution in [1.82, 2.24) is 5.32 Å². The Morgan fingerprint density at radius 1 is 1.16 bits per heavy atom. The van der Waals surface area contributed by atoms with Gasteiger partial charge in [0.1, 0.15) is 0 Å². The number of hydrogen-bond donors (Lipinski definition) is 2. The van der Waals surface area contributed by atoms with Crippen molar-refractivity contribution in [3.8, 4) is 0 Å². The Kier molecular flexibility index (Phi) is 2.81. The highest BCUT2D eigenvalue weighted by molar-refractivity contribution is 6.31. The van der Waals surface area contributed by atoms with Gasteiger partial charge in [0.25, 0.3) is 5.91 Å². The zero-order valence-corrected chi connectivity index (χ0v) is 10.8. The van der Waals surface area contributed by atoms with Crippen molar-refractivity contribution in [2.75, 3.05) is 0 Å². The molecule has 0 aromatic heterocycles. The monoisotopic (exact) mass is 273 g/mol. The predicted octanol–water partition coefficient (Wildman–Crippen LogP) is 2.47. The van der Waals surface area contributed by atoms with E-state index in [9.17, 15) is 9.90 Å². The van der Waals surface area contributed by atoms with Crippen molar-refractivity contribution < 1.29 is 9.90 Å². The van der Waals surface area contributed by atoms with Crippen LogP contribution in [0.25, 0.3) is 0 Å². The van der Waals surface area contributed by atoms with Crippen LogP contribution in [0, 0.1) is 0 Å². The largest absolute Gasteiger partial charge is 0.366 e. The lowest BCUT2D eigenvalue weighted by Crippen LogP contribution is -2.41. The Morgan fingerprint density at radius 3 is 2.63 bits per heavy atom. The first-order valence-corrected chi connectivity index (χ1v) is 6.35. The minimum absolute atomic E-state index is 0.295. The van der Waals surface area contributed by atoms with Gasteiger partial charge in [-0.3, -0.25) is 4.79 Å². The maximum absolute atomic E-state index is 11.9. The van der Waals surface area contributed by atoms with Crippen molar-refractivity contribution in [3.05, 3.63) is 70.2 Å². The molecule has 0 saturated carbocycles. The Labute approximate surface area is 115 Å². The number of benzene rings is 2. The van der Waals surface area contributed by atoms with Gasteiger partial charge >= 0.3 is 0 Å². The van der Waals surface area contributed by atoms with E-state index in [1.54, 1.807) is 18.2 Å². The van der Waals surface area contributed by atoms with Crippen LogP contribution in [-0.2, 0) is 12.1 Å². The fraction of sp³-hybridized carbons (Fsp3) is 0.133. The molecule has 0 spiro atoms. The zero-order valence-electron chi connectivity index (χ0n) is 10.1. The van der Waals surface area contributed by atoms with E-state index in [1.807, 2.05) is 30.3 Å². The van der Waals surface area contributed by atoms with Crippen LogP contribution in [0.4, 0.5) is 0 Å². The van der Waals surface area contributed by atoms with Crippen LogP contribution in [0.1, 0.15) is 21.5 Å². The molecule has 0 aliphatic carbocycles. The van der Waals surface area contributed by atoms with E-state index in [0.717, 1.165) is 5.56 Å². The molecule has 0 saturated heterocycles. The lowest BCUT2D eigenvalue weighted by Gasteiger charge is -2.24. The van der Waals surface area contributed by atoms with E-state index >= 15 is 0 Å². The van der Waals surface area contributed by atoms with Gasteiger partial charge < -0.3 is 10.4 Å². The molecule has 1 atom stereocenters. The van der Waals surface area contributed by atoms with Crippen LogP contribution in [0.2, 0.25) is 5.02 Å². The Hall–Kier alpha value is -1.84. The number of halogens is 1. The van der Waals surface area contributed by atoms with Crippen molar-refractivity contribution in [2.24, 2.45) is 0 Å². The number of hydrogen-bond acceptors (Lipinski definition) is 2. The summed E-state index contributed by atoms with van der Waals surface area (Å²) < 4.78 is 0. The average molecular weight is 274 g/mol. The molecular weight excluding hydrogens is 262 g/mol. The van der Waals surface area contributed by atoms with Crippen LogP contribution >= 0.6 is 11.6 Å². The molecule has 2 aromatic carbocycles. The van der Waals surface area contributed by atoms with Crippen LogP contribution in [0.15, 0.2) is 48.5 Å². The normalized spacial score (nSPS) is 21.1. The number of carbonyl (C=O) groups excluding carboxylic acids is 1. The zero-order chi connectivity index (χ0) is 13.5. The lowest BCUT2D eigenvalue weighted by molar-refractivity contribution is 0.0134. The van der Waals surface area contributed by atoms with Gasteiger partial charge in [-0.2, -0.15) is 0 Å². The van der Waals surface area contributed by atoms with Crippen LogP contribution in [0.3, 0.4) is 0 Å². The van der Waals surface area contributed by atoms with E-state index in [2.05, 4.69) is 5.32 Å². The number of nitrogens with one attached hydrogen (secondary N) is 1. The molecule has 3 rings (SSSR count). The molecule has 19 heavy (non-hydrogen) atoms. The van der Waals surface area contributed by atoms with Crippen LogP contribution in [0.5, 0.6) is 0 Å². The minimum atomic E-state index is -1.36. The summed E-state index contributed by atoms with van der Waals surface area (Å²) in [6.45, 7) is 0. The molecular formula is C15H12ClNO2. The number of aliphatic hydroxyl groups is 1. The predicted molar refractivity (Wildman–Crippen MR) is 73.0 cm³/mol. The summed E-state index contributed by atoms with van der Waals surface area (Å²) in [5.41, 5.74) is 0.600. The summed E-state index contributed by atoms with van der Waals surface area (Å²) in [7, 11) is 0. The molecule has 1 aliphatic rings. The third kappa shape index (κ3) is 2.11. The van der Waals surface area contributed by atoms with Gasteiger partial charge in [0.2, 0.25) is 0 Å². The van der Waals surface area contributed by atoms with Gasteiger partial charge in [-0.15, -0.1) is 0 Å². The molecule has 2 aromatic rings. The average Bonchev–Trinajstić information content (AvgIpc) is 2.62. The number of amides is 1. The highest BCUT2D eigenvalue weighted by Crippen LogP contribution is 2.33. The van der Waals surface area contributed by atoms with Gasteiger partial charge in [-0.05, 0) is 17.7 Å². The van der Waals surface area contributed by atoms with Crippen molar-refractivity contribution in [1.29, 1.82) is 0 Å². The molecule has 2 N–H and O–H groups in total. The van der Waals surface area contributed by atoms with Gasteiger partial charge in [0, 0.05) is 22.6 Å². The molecule has 96 valence electrons. The quantitative estimate of drug-likeness (QED) is 0.883. The second-order valence-electron chi connectivity index (χ2n) is 4.67. The maximum Gasteiger partial charge on any atom is 0.254 e. The summed E-state index contributed by atoms with van der Waals surface area (Å²) in [5, 5.41) is 13.8. The fourth-order valence-corrected chi connectivity index (χ4v) is 2.59. The van der Waals surface area contributed by atoms with Crippen molar-refractivity contribution in [3.63, 3.8) is 0 Å². The molecule has 0 fully saturated rings. The Balaban J connectivity index is 2.01. The second-order valence-corrected chi connectivity index (χ2v) is 5.10. The number of rotatable bonds is 2. The molecule has 0 radical (unpaired) electrons. The van der Waals surface area contributed by atoms with E-state index < -0.39 is 5.72 Å². The highest BCUT2D eigenvalue weighted by Gasteiger charge is 2.41. The second kappa shape index (κ2) is 4.37. The van der Waals surface area contributed by atoms with E-state index in [4.69, 9.17) is 11.6 Å². The first-order chi connectivity index (χ1) is 9.08. The molecule has 4 heteroatoms. The highest BCUT2D eigenvalue weighted by atomic mass is 35.5. The van der Waals surface area contributed by atoms with Gasteiger partial charge in [0.15, 0.2) is 5.72 Å². The Morgan fingerprint density at radius 2 is 1.89 bits per heavy atom. The third-order valence-corrected chi connectivity index (χ3v) is 3.53. The molecule has 1 unspecified atom stereocenters. The summed E-state index contributed by atoms with van der Waals surface area (Å²) in [6, 6.07) is 14.5. The maximum atomic E-state index is 11.9. The standard InChI is InChI=1S/C15H12ClNO2/c16-11-6-7-13-12(8-11)14(18)17-15(13,19)9-10-4-2-1-3-5-10/h1-8,19H,9H2,(H,17,18). The SMILES string of the molecule is O=C1NC(O)(Cc2ccccc2)c2ccc(Cl)cc21. The lowest BCUT2D eigenvalue weighted by atomic mass is 9.95. The molecule has 0 bridgehead atoms. The summed E-state index contributed by atoms with van der Waals surface area (Å²) >= 11 is 5.88. The third-order valence-electron chi connectivity index (χ3n) is 3.29. The molecule has 3 nitrogen and oxygen atoms in total. The van der Waals surface area contributed by atoms with Crippen LogP contribution < -0.4 is 5.32 Å². The molecule has 1 amide bonds. The molecule has 1 aliphatic heterocycles. The topological polar surface area (TPSA) is 49.3 Å². The van der Waals surface area contributed by atoms with Gasteiger partial charge in [-0.25, -0.2) is 0 Å². The van der Waals surface area contributed by atoms with E-state index in [1.165, 1.54) is 0 Å². The minimum Gasteiger partial charge on any atom is -0.366 e. The van der Waals surface area contributed by atoms with Gasteiger partial charge in [0.05, 0.1) is 0 Å². The number of carbonyl (C=O) groups is 1. The van der Waals surface area contributed by atoms with E-state index in [0.29, 0.717) is 22.6 Å². The van der Waals surface area contributed by atoms with Crippen molar-refractivity contribution in [2.45, 2.75) is 12.1 Å².